The van der Waals surface area contributed by atoms with Crippen LogP contribution in [0.5, 0.6) is 0 Å². The van der Waals surface area contributed by atoms with E-state index in [1.807, 2.05) is 30.3 Å². The molecule has 0 fully saturated rings. The zero-order valence-electron chi connectivity index (χ0n) is 11.3. The number of primary amides is 1. The van der Waals surface area contributed by atoms with E-state index in [2.05, 4.69) is 6.58 Å². The van der Waals surface area contributed by atoms with E-state index in [-0.39, 0.29) is 0 Å². The minimum atomic E-state index is -3.89. The zero-order valence-corrected chi connectivity index (χ0v) is 12.1. The molecule has 0 bridgehead atoms. The molecule has 6 nitrogen and oxygen atoms in total. The highest BCUT2D eigenvalue weighted by Gasteiger charge is 2.16. The van der Waals surface area contributed by atoms with Gasteiger partial charge in [0, 0.05) is 0 Å². The molecule has 1 rings (SSSR count). The van der Waals surface area contributed by atoms with Crippen LogP contribution >= 0.6 is 0 Å². The Balaban J connectivity index is 2.59. The number of amides is 2. The molecule has 0 heterocycles. The number of nitrogens with one attached hydrogen (secondary N) is 1. The first-order chi connectivity index (χ1) is 9.78. The molecule has 0 spiro atoms. The summed E-state index contributed by atoms with van der Waals surface area (Å²) in [7, 11) is -3.89. The average Bonchev–Trinajstić information content (AvgIpc) is 2.35. The Labute approximate surface area is 123 Å². The first kappa shape index (κ1) is 16.6. The highest BCUT2D eigenvalue weighted by molar-refractivity contribution is 7.90. The highest BCUT2D eigenvalue weighted by atomic mass is 32.2. The number of allylic oxidation sites excluding steroid dienone is 1. The molecule has 0 aliphatic rings. The summed E-state index contributed by atoms with van der Waals surface area (Å²) < 4.78 is 25.1. The number of rotatable bonds is 7. The zero-order chi connectivity index (χ0) is 15.9. The fraction of sp³-hybridized carbons (Fsp3) is 0.143. The third kappa shape index (κ3) is 7.07. The number of carbonyl (C=O) groups excluding carboxylic acids is 2. The third-order valence-corrected chi connectivity index (χ3v) is 3.58. The van der Waals surface area contributed by atoms with Gasteiger partial charge in [0.05, 0.1) is 5.75 Å². The summed E-state index contributed by atoms with van der Waals surface area (Å²) in [5, 5.41) is 0. The van der Waals surface area contributed by atoms with Crippen LogP contribution in [0.3, 0.4) is 0 Å². The third-order valence-electron chi connectivity index (χ3n) is 2.29. The fourth-order valence-corrected chi connectivity index (χ4v) is 2.55. The van der Waals surface area contributed by atoms with Crippen molar-refractivity contribution in [2.45, 2.75) is 6.42 Å². The van der Waals surface area contributed by atoms with E-state index < -0.39 is 34.0 Å². The minimum absolute atomic E-state index is 0.304. The number of carbonyl (C=O) groups is 2. The lowest BCUT2D eigenvalue weighted by molar-refractivity contribution is -0.126. The van der Waals surface area contributed by atoms with E-state index in [1.165, 1.54) is 0 Å². The topological polar surface area (TPSA) is 106 Å². The van der Waals surface area contributed by atoms with E-state index in [1.54, 1.807) is 16.9 Å². The smallest absolute Gasteiger partial charge is 0.242 e. The van der Waals surface area contributed by atoms with Crippen LogP contribution in [0, 0.1) is 0 Å². The maximum absolute atomic E-state index is 11.7. The highest BCUT2D eigenvalue weighted by Crippen LogP contribution is 2.05. The van der Waals surface area contributed by atoms with Gasteiger partial charge in [-0.2, -0.15) is 0 Å². The maximum atomic E-state index is 11.7. The Morgan fingerprint density at radius 1 is 1.24 bits per heavy atom. The summed E-state index contributed by atoms with van der Waals surface area (Å²) in [4.78, 5) is 21.7. The number of hydrogen-bond acceptors (Lipinski definition) is 4. The second-order valence-electron chi connectivity index (χ2n) is 4.33. The second kappa shape index (κ2) is 7.39. The maximum Gasteiger partial charge on any atom is 0.242 e. The molecule has 0 aliphatic heterocycles. The van der Waals surface area contributed by atoms with Gasteiger partial charge in [0.25, 0.3) is 0 Å². The Kier molecular flexibility index (Phi) is 5.86. The van der Waals surface area contributed by atoms with E-state index in [0.717, 1.165) is 5.56 Å². The van der Waals surface area contributed by atoms with Gasteiger partial charge < -0.3 is 5.73 Å². The molecule has 21 heavy (non-hydrogen) atoms. The largest absolute Gasteiger partial charge is 0.369 e. The van der Waals surface area contributed by atoms with E-state index >= 15 is 0 Å². The SMILES string of the molecule is C=C(/C=C/c1ccccc1)CS(=O)(=O)NC(=O)CC(N)=O. The molecular formula is C14H16N2O4S. The van der Waals surface area contributed by atoms with Crippen molar-refractivity contribution in [3.63, 3.8) is 0 Å². The quantitative estimate of drug-likeness (QED) is 0.567. The van der Waals surface area contributed by atoms with Crippen molar-refractivity contribution in [1.82, 2.24) is 4.72 Å². The predicted octanol–water partition coefficient (Wildman–Crippen LogP) is 0.577. The molecule has 0 aromatic heterocycles. The van der Waals surface area contributed by atoms with Gasteiger partial charge in [0.1, 0.15) is 6.42 Å². The Morgan fingerprint density at radius 2 is 1.86 bits per heavy atom. The van der Waals surface area contributed by atoms with Crippen molar-refractivity contribution in [2.24, 2.45) is 5.73 Å². The molecule has 0 atom stereocenters. The summed E-state index contributed by atoms with van der Waals surface area (Å²) in [5.41, 5.74) is 6.00. The van der Waals surface area contributed by atoms with Gasteiger partial charge in [-0.1, -0.05) is 49.1 Å². The van der Waals surface area contributed by atoms with Crippen LogP contribution in [0.15, 0.2) is 48.6 Å². The van der Waals surface area contributed by atoms with Gasteiger partial charge in [-0.3, -0.25) is 14.3 Å². The summed E-state index contributed by atoms with van der Waals surface area (Å²) in [6.45, 7) is 3.61. The van der Waals surface area contributed by atoms with Gasteiger partial charge in [-0.15, -0.1) is 0 Å². The Morgan fingerprint density at radius 3 is 2.43 bits per heavy atom. The summed E-state index contributed by atoms with van der Waals surface area (Å²) >= 11 is 0. The predicted molar refractivity (Wildman–Crippen MR) is 80.4 cm³/mol. The van der Waals surface area contributed by atoms with E-state index in [0.29, 0.717) is 5.57 Å². The number of sulfonamides is 1. The molecule has 3 N–H and O–H groups in total. The summed E-state index contributed by atoms with van der Waals surface area (Å²) in [6, 6.07) is 9.27. The number of hydrogen-bond donors (Lipinski definition) is 2. The van der Waals surface area contributed by atoms with Crippen molar-refractivity contribution in [1.29, 1.82) is 0 Å². The van der Waals surface area contributed by atoms with Gasteiger partial charge in [0.2, 0.25) is 21.8 Å². The van der Waals surface area contributed by atoms with E-state index in [4.69, 9.17) is 5.73 Å². The lowest BCUT2D eigenvalue weighted by Gasteiger charge is -2.05. The van der Waals surface area contributed by atoms with Gasteiger partial charge in [-0.25, -0.2) is 8.42 Å². The standard InChI is InChI=1S/C14H16N2O4S/c1-11(7-8-12-5-3-2-4-6-12)10-21(19,20)16-14(18)9-13(15)17/h2-8H,1,9-10H2,(H2,15,17)(H,16,18)/b8-7+. The molecule has 0 radical (unpaired) electrons. The van der Waals surface area contributed by atoms with Gasteiger partial charge >= 0.3 is 0 Å². The van der Waals surface area contributed by atoms with Gasteiger partial charge in [-0.05, 0) is 11.1 Å². The monoisotopic (exact) mass is 308 g/mol. The van der Waals surface area contributed by atoms with Crippen LogP contribution in [-0.4, -0.2) is 26.0 Å². The molecule has 1 aromatic carbocycles. The first-order valence-corrected chi connectivity index (χ1v) is 7.66. The Hall–Kier alpha value is -2.41. The van der Waals surface area contributed by atoms with Gasteiger partial charge in [0.15, 0.2) is 0 Å². The normalized spacial score (nSPS) is 11.2. The van der Waals surface area contributed by atoms with Crippen molar-refractivity contribution in [3.8, 4) is 0 Å². The lowest BCUT2D eigenvalue weighted by Crippen LogP contribution is -2.35. The minimum Gasteiger partial charge on any atom is -0.369 e. The lowest BCUT2D eigenvalue weighted by atomic mass is 10.2. The number of nitrogens with two attached hydrogens (primary N) is 1. The van der Waals surface area contributed by atoms with Crippen molar-refractivity contribution < 1.29 is 18.0 Å². The van der Waals surface area contributed by atoms with E-state index in [9.17, 15) is 18.0 Å². The molecule has 0 saturated heterocycles. The summed E-state index contributed by atoms with van der Waals surface area (Å²) in [5.74, 6) is -2.30. The van der Waals surface area contributed by atoms with Crippen LogP contribution < -0.4 is 10.5 Å². The van der Waals surface area contributed by atoms with Crippen molar-refractivity contribution >= 4 is 27.9 Å². The molecule has 1 aromatic rings. The fourth-order valence-electron chi connectivity index (χ4n) is 1.47. The molecule has 2 amide bonds. The van der Waals surface area contributed by atoms with Crippen molar-refractivity contribution in [2.75, 3.05) is 5.75 Å². The molecule has 0 saturated carbocycles. The second-order valence-corrected chi connectivity index (χ2v) is 6.05. The van der Waals surface area contributed by atoms with Crippen LogP contribution in [-0.2, 0) is 19.6 Å². The molecule has 112 valence electrons. The molecule has 0 unspecified atom stereocenters. The molecule has 0 aliphatic carbocycles. The van der Waals surface area contributed by atoms with Crippen LogP contribution in [0.2, 0.25) is 0 Å². The first-order valence-electron chi connectivity index (χ1n) is 6.01. The van der Waals surface area contributed by atoms with Crippen LogP contribution in [0.1, 0.15) is 12.0 Å². The molecule has 7 heteroatoms. The van der Waals surface area contributed by atoms with Crippen molar-refractivity contribution in [3.05, 3.63) is 54.1 Å². The summed E-state index contributed by atoms with van der Waals surface area (Å²) in [6.07, 6.45) is 2.59. The number of benzene rings is 1. The average molecular weight is 308 g/mol. The Bertz CT molecular complexity index is 663. The van der Waals surface area contributed by atoms with Crippen LogP contribution in [0.4, 0.5) is 0 Å². The molecular weight excluding hydrogens is 292 g/mol. The van der Waals surface area contributed by atoms with Crippen LogP contribution in [0.25, 0.3) is 6.08 Å².